The first-order valence-corrected chi connectivity index (χ1v) is 8.20. The number of nitrogens with one attached hydrogen (secondary N) is 1. The molecule has 1 N–H and O–H groups in total. The van der Waals surface area contributed by atoms with Crippen LogP contribution in [0, 0.1) is 5.41 Å². The Balaban J connectivity index is 2.20. The second kappa shape index (κ2) is 6.40. The average Bonchev–Trinajstić information content (AvgIpc) is 2.62. The summed E-state index contributed by atoms with van der Waals surface area (Å²) in [5.41, 5.74) is 2.14. The molecule has 122 valence electrons. The van der Waals surface area contributed by atoms with Gasteiger partial charge in [0, 0.05) is 24.3 Å². The first-order chi connectivity index (χ1) is 11.6. The lowest BCUT2D eigenvalue weighted by molar-refractivity contribution is 0.0947. The van der Waals surface area contributed by atoms with Crippen LogP contribution in [0.25, 0.3) is 0 Å². The third-order valence-corrected chi connectivity index (χ3v) is 4.57. The molecule has 0 heterocycles. The Kier molecular flexibility index (Phi) is 4.30. The van der Waals surface area contributed by atoms with Crippen molar-refractivity contribution in [3.05, 3.63) is 65.2 Å². The summed E-state index contributed by atoms with van der Waals surface area (Å²) in [6.07, 6.45) is 0. The number of hydrogen-bond donors (Lipinski definition) is 1. The molecule has 2 aromatic rings. The molecule has 1 aliphatic carbocycles. The van der Waals surface area contributed by atoms with Crippen LogP contribution in [0.5, 0.6) is 0 Å². The number of carbonyl (C=O) groups excluding carboxylic acids is 2. The monoisotopic (exact) mass is 320 g/mol. The first kappa shape index (κ1) is 16.1. The van der Waals surface area contributed by atoms with Gasteiger partial charge in [-0.3, -0.25) is 9.59 Å². The van der Waals surface area contributed by atoms with Gasteiger partial charge in [-0.2, -0.15) is 0 Å². The number of rotatable bonds is 4. The van der Waals surface area contributed by atoms with Crippen LogP contribution < -0.4 is 4.90 Å². The number of ketones is 2. The summed E-state index contributed by atoms with van der Waals surface area (Å²) in [6.45, 7) is 5.55. The van der Waals surface area contributed by atoms with Crippen molar-refractivity contribution in [2.24, 2.45) is 0 Å². The van der Waals surface area contributed by atoms with Gasteiger partial charge in [0.1, 0.15) is 0 Å². The minimum Gasteiger partial charge on any atom is -0.371 e. The molecule has 0 saturated carbocycles. The van der Waals surface area contributed by atoms with E-state index < -0.39 is 5.92 Å². The molecule has 1 aliphatic rings. The molecule has 1 atom stereocenters. The summed E-state index contributed by atoms with van der Waals surface area (Å²) in [4.78, 5) is 28.0. The minimum atomic E-state index is -0.817. The molecule has 0 saturated heterocycles. The zero-order chi connectivity index (χ0) is 17.3. The number of Topliss-reactive ketones (excluding diaryl/α,β-unsaturated/α-hetero) is 2. The van der Waals surface area contributed by atoms with Crippen molar-refractivity contribution in [2.45, 2.75) is 19.8 Å². The molecular formula is C20H20N2O2. The Morgan fingerprint density at radius 1 is 0.958 bits per heavy atom. The van der Waals surface area contributed by atoms with Crippen LogP contribution in [0.1, 0.15) is 46.0 Å². The summed E-state index contributed by atoms with van der Waals surface area (Å²) in [6, 6.07) is 14.4. The third-order valence-electron chi connectivity index (χ3n) is 4.57. The fourth-order valence-corrected chi connectivity index (χ4v) is 3.33. The van der Waals surface area contributed by atoms with Gasteiger partial charge < -0.3 is 10.3 Å². The number of benzene rings is 2. The van der Waals surface area contributed by atoms with E-state index in [4.69, 9.17) is 5.41 Å². The van der Waals surface area contributed by atoms with E-state index in [2.05, 4.69) is 4.90 Å². The Morgan fingerprint density at radius 2 is 1.62 bits per heavy atom. The van der Waals surface area contributed by atoms with E-state index in [1.54, 1.807) is 24.3 Å². The predicted octanol–water partition coefficient (Wildman–Crippen LogP) is 3.72. The molecule has 1 unspecified atom stereocenters. The quantitative estimate of drug-likeness (QED) is 0.934. The zero-order valence-corrected chi connectivity index (χ0v) is 13.9. The highest BCUT2D eigenvalue weighted by molar-refractivity contribution is 6.54. The third kappa shape index (κ3) is 2.44. The largest absolute Gasteiger partial charge is 0.371 e. The average molecular weight is 320 g/mol. The molecule has 0 bridgehead atoms. The van der Waals surface area contributed by atoms with E-state index in [0.29, 0.717) is 16.7 Å². The van der Waals surface area contributed by atoms with Gasteiger partial charge in [-0.1, -0.05) is 42.5 Å². The van der Waals surface area contributed by atoms with Crippen LogP contribution in [0.4, 0.5) is 5.69 Å². The molecule has 4 nitrogen and oxygen atoms in total. The fourth-order valence-electron chi connectivity index (χ4n) is 3.33. The molecule has 2 aromatic carbocycles. The van der Waals surface area contributed by atoms with Crippen molar-refractivity contribution < 1.29 is 9.59 Å². The summed E-state index contributed by atoms with van der Waals surface area (Å²) < 4.78 is 0. The summed E-state index contributed by atoms with van der Waals surface area (Å²) in [5.74, 6) is -1.33. The van der Waals surface area contributed by atoms with Gasteiger partial charge in [0.25, 0.3) is 0 Å². The topological polar surface area (TPSA) is 61.2 Å². The van der Waals surface area contributed by atoms with Crippen LogP contribution >= 0.6 is 0 Å². The summed E-state index contributed by atoms with van der Waals surface area (Å²) in [7, 11) is 0. The number of nitrogens with zero attached hydrogens (tertiary/aromatic N) is 1. The van der Waals surface area contributed by atoms with E-state index in [1.807, 2.05) is 38.1 Å². The molecule has 0 fully saturated rings. The van der Waals surface area contributed by atoms with Crippen molar-refractivity contribution in [3.63, 3.8) is 0 Å². The van der Waals surface area contributed by atoms with Crippen LogP contribution in [0.3, 0.4) is 0 Å². The molecular weight excluding hydrogens is 300 g/mol. The lowest BCUT2D eigenvalue weighted by Crippen LogP contribution is -2.37. The molecule has 0 radical (unpaired) electrons. The molecule has 0 aliphatic heterocycles. The van der Waals surface area contributed by atoms with E-state index >= 15 is 0 Å². The van der Waals surface area contributed by atoms with Gasteiger partial charge in [0.05, 0.1) is 17.2 Å². The van der Waals surface area contributed by atoms with Gasteiger partial charge in [-0.05, 0) is 25.5 Å². The molecule has 4 heteroatoms. The lowest BCUT2D eigenvalue weighted by atomic mass is 9.76. The molecule has 0 amide bonds. The van der Waals surface area contributed by atoms with Crippen LogP contribution in [-0.2, 0) is 0 Å². The Bertz CT molecular complexity index is 808. The van der Waals surface area contributed by atoms with E-state index in [0.717, 1.165) is 18.8 Å². The Labute approximate surface area is 141 Å². The van der Waals surface area contributed by atoms with Gasteiger partial charge in [-0.25, -0.2) is 0 Å². The lowest BCUT2D eigenvalue weighted by Gasteiger charge is -2.30. The van der Waals surface area contributed by atoms with Crippen molar-refractivity contribution in [2.75, 3.05) is 18.0 Å². The molecule has 24 heavy (non-hydrogen) atoms. The van der Waals surface area contributed by atoms with Gasteiger partial charge >= 0.3 is 0 Å². The van der Waals surface area contributed by atoms with Crippen LogP contribution in [-0.4, -0.2) is 30.4 Å². The van der Waals surface area contributed by atoms with Gasteiger partial charge in [0.15, 0.2) is 5.78 Å². The maximum absolute atomic E-state index is 13.2. The second-order valence-electron chi connectivity index (χ2n) is 5.82. The van der Waals surface area contributed by atoms with Gasteiger partial charge in [0.2, 0.25) is 5.78 Å². The maximum Gasteiger partial charge on any atom is 0.208 e. The van der Waals surface area contributed by atoms with E-state index in [9.17, 15) is 9.59 Å². The first-order valence-electron chi connectivity index (χ1n) is 8.20. The number of fused-ring (bicyclic) bond motifs is 1. The SMILES string of the molecule is CCN(CC)c1cccc2c1C(=O)C(c1ccccc1)C(=N)C2=O. The van der Waals surface area contributed by atoms with Crippen molar-refractivity contribution >= 4 is 23.0 Å². The Morgan fingerprint density at radius 3 is 2.25 bits per heavy atom. The Hall–Kier alpha value is -2.75. The zero-order valence-electron chi connectivity index (χ0n) is 13.9. The van der Waals surface area contributed by atoms with Gasteiger partial charge in [-0.15, -0.1) is 0 Å². The maximum atomic E-state index is 13.2. The van der Waals surface area contributed by atoms with Crippen molar-refractivity contribution in [1.82, 2.24) is 0 Å². The molecule has 0 spiro atoms. The second-order valence-corrected chi connectivity index (χ2v) is 5.82. The normalized spacial score (nSPS) is 16.9. The fraction of sp³-hybridized carbons (Fsp3) is 0.250. The van der Waals surface area contributed by atoms with Crippen molar-refractivity contribution in [3.8, 4) is 0 Å². The molecule has 3 rings (SSSR count). The standard InChI is InChI=1S/C20H20N2O2/c1-3-22(4-2)15-12-8-11-14-17(15)20(24)16(18(21)19(14)23)13-9-6-5-7-10-13/h5-12,16,21H,3-4H2,1-2H3. The number of carbonyl (C=O) groups is 2. The minimum absolute atomic E-state index is 0.143. The van der Waals surface area contributed by atoms with E-state index in [1.165, 1.54) is 0 Å². The predicted molar refractivity (Wildman–Crippen MR) is 95.6 cm³/mol. The van der Waals surface area contributed by atoms with Crippen LogP contribution in [0.15, 0.2) is 48.5 Å². The molecule has 0 aromatic heterocycles. The summed E-state index contributed by atoms with van der Waals surface area (Å²) in [5, 5.41) is 8.23. The number of anilines is 1. The smallest absolute Gasteiger partial charge is 0.208 e. The van der Waals surface area contributed by atoms with Crippen molar-refractivity contribution in [1.29, 1.82) is 5.41 Å². The number of hydrogen-bond acceptors (Lipinski definition) is 4. The summed E-state index contributed by atoms with van der Waals surface area (Å²) >= 11 is 0. The highest BCUT2D eigenvalue weighted by atomic mass is 16.1. The highest BCUT2D eigenvalue weighted by Crippen LogP contribution is 2.35. The van der Waals surface area contributed by atoms with E-state index in [-0.39, 0.29) is 17.3 Å². The van der Waals surface area contributed by atoms with Crippen LogP contribution in [0.2, 0.25) is 0 Å². The highest BCUT2D eigenvalue weighted by Gasteiger charge is 2.40.